The summed E-state index contributed by atoms with van der Waals surface area (Å²) in [5, 5.41) is 19.2. The molecule has 25 heavy (non-hydrogen) atoms. The number of carboxylic acid groups (broad SMARTS) is 2. The fourth-order valence-corrected chi connectivity index (χ4v) is 3.18. The predicted octanol–water partition coefficient (Wildman–Crippen LogP) is 2.83. The highest BCUT2D eigenvalue weighted by Crippen LogP contribution is 2.37. The average Bonchev–Trinajstić information content (AvgIpc) is 3.05. The Bertz CT molecular complexity index is 684. The topological polar surface area (TPSA) is 101 Å². The number of carbonyl (C=O) groups is 3. The molecule has 6 nitrogen and oxygen atoms in total. The number of benzene rings is 1. The summed E-state index contributed by atoms with van der Waals surface area (Å²) in [6.45, 7) is 5.27. The number of ether oxygens (including phenoxy) is 1. The van der Waals surface area contributed by atoms with E-state index in [-0.39, 0.29) is 11.7 Å². The van der Waals surface area contributed by atoms with Crippen molar-refractivity contribution in [2.24, 2.45) is 0 Å². The SMILES string of the molecule is C=C(C(=O)O)C(CC(=O)OC1CCCC1)(C(=O)O)c1ccc(C)cc1. The van der Waals surface area contributed by atoms with Gasteiger partial charge in [0.25, 0.3) is 0 Å². The van der Waals surface area contributed by atoms with Crippen molar-refractivity contribution >= 4 is 17.9 Å². The van der Waals surface area contributed by atoms with E-state index >= 15 is 0 Å². The lowest BCUT2D eigenvalue weighted by molar-refractivity contribution is -0.156. The summed E-state index contributed by atoms with van der Waals surface area (Å²) in [4.78, 5) is 36.0. The standard InChI is InChI=1S/C19H22O6/c1-12-7-9-14(10-8-12)19(18(23)24,13(2)17(21)22)11-16(20)25-15-5-3-4-6-15/h7-10,15H,2-6,11H2,1H3,(H,21,22)(H,23,24). The first-order valence-electron chi connectivity index (χ1n) is 8.20. The number of carboxylic acids is 2. The van der Waals surface area contributed by atoms with Crippen molar-refractivity contribution in [1.29, 1.82) is 0 Å². The van der Waals surface area contributed by atoms with Gasteiger partial charge in [-0.1, -0.05) is 36.4 Å². The molecule has 0 amide bonds. The van der Waals surface area contributed by atoms with Crippen LogP contribution in [0.15, 0.2) is 36.4 Å². The van der Waals surface area contributed by atoms with Gasteiger partial charge in [0.15, 0.2) is 0 Å². The van der Waals surface area contributed by atoms with Crippen molar-refractivity contribution in [3.63, 3.8) is 0 Å². The highest BCUT2D eigenvalue weighted by atomic mass is 16.5. The smallest absolute Gasteiger partial charge is 0.332 e. The second kappa shape index (κ2) is 7.51. The van der Waals surface area contributed by atoms with Crippen LogP contribution in [0.5, 0.6) is 0 Å². The Morgan fingerprint density at radius 3 is 2.20 bits per heavy atom. The maximum Gasteiger partial charge on any atom is 0.332 e. The fourth-order valence-electron chi connectivity index (χ4n) is 3.18. The molecule has 6 heteroatoms. The number of hydrogen-bond donors (Lipinski definition) is 2. The average molecular weight is 346 g/mol. The van der Waals surface area contributed by atoms with E-state index in [1.165, 1.54) is 12.1 Å². The molecule has 2 rings (SSSR count). The zero-order chi connectivity index (χ0) is 18.6. The van der Waals surface area contributed by atoms with Gasteiger partial charge in [0.1, 0.15) is 11.5 Å². The van der Waals surface area contributed by atoms with Gasteiger partial charge in [-0.25, -0.2) is 4.79 Å². The molecule has 1 atom stereocenters. The van der Waals surface area contributed by atoms with Gasteiger partial charge >= 0.3 is 17.9 Å². The van der Waals surface area contributed by atoms with Gasteiger partial charge in [0.05, 0.1) is 12.0 Å². The minimum Gasteiger partial charge on any atom is -0.480 e. The number of carbonyl (C=O) groups excluding carboxylic acids is 1. The molecule has 0 saturated heterocycles. The maximum atomic E-state index is 12.4. The predicted molar refractivity (Wildman–Crippen MR) is 90.2 cm³/mol. The van der Waals surface area contributed by atoms with E-state index in [9.17, 15) is 24.6 Å². The van der Waals surface area contributed by atoms with Crippen LogP contribution in [0.4, 0.5) is 0 Å². The van der Waals surface area contributed by atoms with E-state index in [2.05, 4.69) is 6.58 Å². The maximum absolute atomic E-state index is 12.4. The number of aliphatic carboxylic acids is 2. The highest BCUT2D eigenvalue weighted by Gasteiger charge is 2.48. The molecule has 2 N–H and O–H groups in total. The molecule has 1 aromatic carbocycles. The molecule has 0 spiro atoms. The van der Waals surface area contributed by atoms with Crippen molar-refractivity contribution in [3.05, 3.63) is 47.5 Å². The van der Waals surface area contributed by atoms with Gasteiger partial charge in [-0.15, -0.1) is 0 Å². The van der Waals surface area contributed by atoms with Crippen LogP contribution in [0.25, 0.3) is 0 Å². The molecule has 134 valence electrons. The molecule has 0 radical (unpaired) electrons. The number of hydrogen-bond acceptors (Lipinski definition) is 4. The first kappa shape index (κ1) is 18.7. The van der Waals surface area contributed by atoms with Crippen molar-refractivity contribution in [2.45, 2.75) is 50.5 Å². The van der Waals surface area contributed by atoms with Crippen molar-refractivity contribution in [2.75, 3.05) is 0 Å². The van der Waals surface area contributed by atoms with Crippen LogP contribution in [-0.2, 0) is 24.5 Å². The molecule has 1 unspecified atom stereocenters. The summed E-state index contributed by atoms with van der Waals surface area (Å²) in [6, 6.07) is 6.37. The van der Waals surface area contributed by atoms with Crippen LogP contribution in [0.1, 0.15) is 43.2 Å². The number of esters is 1. The second-order valence-electron chi connectivity index (χ2n) is 6.43. The van der Waals surface area contributed by atoms with Gasteiger partial charge in [-0.3, -0.25) is 9.59 Å². The Labute approximate surface area is 146 Å². The molecule has 1 aliphatic carbocycles. The summed E-state index contributed by atoms with van der Waals surface area (Å²) in [6.07, 6.45) is 2.58. The molecule has 1 fully saturated rings. The summed E-state index contributed by atoms with van der Waals surface area (Å²) in [5.74, 6) is -3.62. The van der Waals surface area contributed by atoms with E-state index in [0.717, 1.165) is 31.2 Å². The van der Waals surface area contributed by atoms with Crippen LogP contribution in [-0.4, -0.2) is 34.2 Å². The minimum atomic E-state index is -2.06. The van der Waals surface area contributed by atoms with E-state index < -0.39 is 35.3 Å². The third kappa shape index (κ3) is 3.90. The first-order valence-corrected chi connectivity index (χ1v) is 8.20. The first-order chi connectivity index (χ1) is 11.8. The lowest BCUT2D eigenvalue weighted by Crippen LogP contribution is -2.43. The largest absolute Gasteiger partial charge is 0.480 e. The van der Waals surface area contributed by atoms with Crippen LogP contribution in [0.3, 0.4) is 0 Å². The van der Waals surface area contributed by atoms with Crippen LogP contribution >= 0.6 is 0 Å². The zero-order valence-corrected chi connectivity index (χ0v) is 14.2. The molecule has 0 bridgehead atoms. The van der Waals surface area contributed by atoms with E-state index in [4.69, 9.17) is 4.74 Å². The molecule has 1 aliphatic rings. The fraction of sp³-hybridized carbons (Fsp3) is 0.421. The summed E-state index contributed by atoms with van der Waals surface area (Å²) >= 11 is 0. The van der Waals surface area contributed by atoms with Gasteiger partial charge in [0.2, 0.25) is 0 Å². The summed E-state index contributed by atoms with van der Waals surface area (Å²) in [7, 11) is 0. The van der Waals surface area contributed by atoms with Crippen molar-refractivity contribution in [3.8, 4) is 0 Å². The lowest BCUT2D eigenvalue weighted by atomic mass is 9.72. The Balaban J connectivity index is 2.40. The van der Waals surface area contributed by atoms with Gasteiger partial charge in [-0.05, 0) is 38.2 Å². The van der Waals surface area contributed by atoms with Crippen molar-refractivity contribution < 1.29 is 29.3 Å². The van der Waals surface area contributed by atoms with Gasteiger partial charge in [-0.2, -0.15) is 0 Å². The number of rotatable bonds is 7. The highest BCUT2D eigenvalue weighted by molar-refractivity contribution is 6.02. The quantitative estimate of drug-likeness (QED) is 0.581. The summed E-state index contributed by atoms with van der Waals surface area (Å²) < 4.78 is 5.36. The minimum absolute atomic E-state index is 0.196. The van der Waals surface area contributed by atoms with E-state index in [1.54, 1.807) is 12.1 Å². The monoisotopic (exact) mass is 346 g/mol. The molecule has 0 aliphatic heterocycles. The van der Waals surface area contributed by atoms with Crippen LogP contribution in [0, 0.1) is 6.92 Å². The van der Waals surface area contributed by atoms with Gasteiger partial charge in [0, 0.05) is 0 Å². The third-order valence-electron chi connectivity index (χ3n) is 4.69. The summed E-state index contributed by atoms with van der Waals surface area (Å²) in [5.41, 5.74) is -1.54. The van der Waals surface area contributed by atoms with Crippen LogP contribution < -0.4 is 0 Å². The number of aryl methyl sites for hydroxylation is 1. The molecule has 0 heterocycles. The second-order valence-corrected chi connectivity index (χ2v) is 6.43. The third-order valence-corrected chi connectivity index (χ3v) is 4.69. The Hall–Kier alpha value is -2.63. The normalized spacial score (nSPS) is 16.8. The molecule has 1 aromatic rings. The van der Waals surface area contributed by atoms with E-state index in [1.807, 2.05) is 6.92 Å². The zero-order valence-electron chi connectivity index (χ0n) is 14.2. The van der Waals surface area contributed by atoms with Crippen LogP contribution in [0.2, 0.25) is 0 Å². The van der Waals surface area contributed by atoms with E-state index in [0.29, 0.717) is 0 Å². The lowest BCUT2D eigenvalue weighted by Gasteiger charge is -2.30. The molecular formula is C19H22O6. The Morgan fingerprint density at radius 2 is 1.72 bits per heavy atom. The molecule has 0 aromatic heterocycles. The Morgan fingerprint density at radius 1 is 1.16 bits per heavy atom. The molecule has 1 saturated carbocycles. The molecular weight excluding hydrogens is 324 g/mol. The van der Waals surface area contributed by atoms with Gasteiger partial charge < -0.3 is 14.9 Å². The Kier molecular flexibility index (Phi) is 5.62. The van der Waals surface area contributed by atoms with Crippen molar-refractivity contribution in [1.82, 2.24) is 0 Å².